The van der Waals surface area contributed by atoms with Crippen molar-refractivity contribution < 1.29 is 9.32 Å². The third-order valence-corrected chi connectivity index (χ3v) is 2.80. The van der Waals surface area contributed by atoms with Crippen molar-refractivity contribution in [2.75, 3.05) is 13.6 Å². The molecule has 1 aromatic heterocycles. The van der Waals surface area contributed by atoms with E-state index in [1.807, 2.05) is 14.0 Å². The van der Waals surface area contributed by atoms with E-state index >= 15 is 0 Å². The van der Waals surface area contributed by atoms with Gasteiger partial charge in [-0.1, -0.05) is 5.16 Å². The summed E-state index contributed by atoms with van der Waals surface area (Å²) in [5.74, 6) is 1.16. The molecule has 1 heterocycles. The van der Waals surface area contributed by atoms with Crippen molar-refractivity contribution >= 4 is 18.3 Å². The largest absolute Gasteiger partial charge is 0.360 e. The van der Waals surface area contributed by atoms with E-state index in [9.17, 15) is 4.79 Å². The maximum absolute atomic E-state index is 11.7. The van der Waals surface area contributed by atoms with E-state index in [-0.39, 0.29) is 24.4 Å². The van der Waals surface area contributed by atoms with Crippen LogP contribution in [0.15, 0.2) is 10.6 Å². The molecule has 0 radical (unpaired) electrons. The molecule has 96 valence electrons. The highest BCUT2D eigenvalue weighted by Crippen LogP contribution is 2.40. The van der Waals surface area contributed by atoms with E-state index in [1.54, 1.807) is 6.07 Å². The Hall–Kier alpha value is -1.07. The molecule has 1 aliphatic carbocycles. The molecular formula is C11H18ClN3O2. The van der Waals surface area contributed by atoms with Gasteiger partial charge in [0.15, 0.2) is 5.69 Å². The molecular weight excluding hydrogens is 242 g/mol. The number of carbonyl (C=O) groups excluding carboxylic acids is 1. The lowest BCUT2D eigenvalue weighted by molar-refractivity contribution is 0.0941. The van der Waals surface area contributed by atoms with Crippen LogP contribution >= 0.6 is 12.4 Å². The molecule has 1 fully saturated rings. The number of nitrogens with one attached hydrogen (secondary N) is 2. The predicted molar refractivity (Wildman–Crippen MR) is 66.6 cm³/mol. The highest BCUT2D eigenvalue weighted by molar-refractivity contribution is 5.92. The smallest absolute Gasteiger partial charge is 0.273 e. The second-order valence-corrected chi connectivity index (χ2v) is 4.29. The Morgan fingerprint density at radius 3 is 2.94 bits per heavy atom. The minimum atomic E-state index is -0.169. The number of hydrogen-bond donors (Lipinski definition) is 2. The van der Waals surface area contributed by atoms with Crippen LogP contribution in [0.1, 0.15) is 41.9 Å². The van der Waals surface area contributed by atoms with E-state index in [1.165, 1.54) is 0 Å². The molecule has 1 unspecified atom stereocenters. The quantitative estimate of drug-likeness (QED) is 0.837. The van der Waals surface area contributed by atoms with E-state index in [0.717, 1.165) is 18.6 Å². The van der Waals surface area contributed by atoms with Crippen molar-refractivity contribution in [1.29, 1.82) is 0 Å². The first kappa shape index (κ1) is 14.0. The van der Waals surface area contributed by atoms with Gasteiger partial charge in [0.05, 0.1) is 0 Å². The first-order valence-corrected chi connectivity index (χ1v) is 5.62. The second-order valence-electron chi connectivity index (χ2n) is 4.29. The van der Waals surface area contributed by atoms with Crippen LogP contribution in [0.2, 0.25) is 0 Å². The van der Waals surface area contributed by atoms with Crippen LogP contribution in [0.5, 0.6) is 0 Å². The number of nitrogens with zero attached hydrogens (tertiary/aromatic N) is 1. The monoisotopic (exact) mass is 259 g/mol. The zero-order chi connectivity index (χ0) is 11.5. The average Bonchev–Trinajstić information content (AvgIpc) is 3.03. The summed E-state index contributed by atoms with van der Waals surface area (Å²) in [6.07, 6.45) is 2.29. The van der Waals surface area contributed by atoms with Crippen LogP contribution in [0, 0.1) is 0 Å². The van der Waals surface area contributed by atoms with Gasteiger partial charge in [-0.2, -0.15) is 0 Å². The van der Waals surface area contributed by atoms with Gasteiger partial charge in [0.1, 0.15) is 5.76 Å². The van der Waals surface area contributed by atoms with E-state index < -0.39 is 0 Å². The molecule has 1 amide bonds. The summed E-state index contributed by atoms with van der Waals surface area (Å²) in [7, 11) is 1.86. The minimum Gasteiger partial charge on any atom is -0.360 e. The molecule has 1 atom stereocenters. The van der Waals surface area contributed by atoms with Gasteiger partial charge >= 0.3 is 0 Å². The molecule has 17 heavy (non-hydrogen) atoms. The summed E-state index contributed by atoms with van der Waals surface area (Å²) in [5, 5.41) is 9.62. The first-order valence-electron chi connectivity index (χ1n) is 5.62. The van der Waals surface area contributed by atoms with Crippen molar-refractivity contribution in [2.24, 2.45) is 0 Å². The molecule has 0 saturated heterocycles. The highest BCUT2D eigenvalue weighted by Gasteiger charge is 2.28. The number of rotatable bonds is 5. The molecule has 1 aromatic rings. The number of aromatic nitrogens is 1. The highest BCUT2D eigenvalue weighted by atomic mass is 35.5. The van der Waals surface area contributed by atoms with Gasteiger partial charge in [-0.25, -0.2) is 0 Å². The van der Waals surface area contributed by atoms with Gasteiger partial charge in [-0.15, -0.1) is 12.4 Å². The van der Waals surface area contributed by atoms with Crippen LogP contribution in [0.4, 0.5) is 0 Å². The minimum absolute atomic E-state index is 0. The van der Waals surface area contributed by atoms with Gasteiger partial charge in [-0.3, -0.25) is 4.79 Å². The summed E-state index contributed by atoms with van der Waals surface area (Å²) in [6, 6.07) is 2.00. The van der Waals surface area contributed by atoms with Gasteiger partial charge in [0, 0.05) is 24.6 Å². The third-order valence-electron chi connectivity index (χ3n) is 2.80. The van der Waals surface area contributed by atoms with Crippen molar-refractivity contribution in [3.8, 4) is 0 Å². The lowest BCUT2D eigenvalue weighted by atomic mass is 10.2. The lowest BCUT2D eigenvalue weighted by Crippen LogP contribution is -2.37. The van der Waals surface area contributed by atoms with Crippen LogP contribution in [0.3, 0.4) is 0 Å². The van der Waals surface area contributed by atoms with Crippen molar-refractivity contribution in [3.05, 3.63) is 17.5 Å². The SMILES string of the molecule is CNC(C)CNC(=O)c1cc(C2CC2)on1.Cl. The molecule has 0 aromatic carbocycles. The summed E-state index contributed by atoms with van der Waals surface area (Å²) in [6.45, 7) is 2.58. The standard InChI is InChI=1S/C11H17N3O2.ClH/c1-7(12-2)6-13-11(15)9-5-10(16-14-9)8-3-4-8;/h5,7-8,12H,3-4,6H2,1-2H3,(H,13,15);1H. The molecule has 5 nitrogen and oxygen atoms in total. The summed E-state index contributed by atoms with van der Waals surface area (Å²) >= 11 is 0. The van der Waals surface area contributed by atoms with Crippen molar-refractivity contribution in [1.82, 2.24) is 15.8 Å². The first-order chi connectivity index (χ1) is 7.70. The Kier molecular flexibility index (Phi) is 4.96. The van der Waals surface area contributed by atoms with Crippen LogP contribution in [-0.4, -0.2) is 30.7 Å². The predicted octanol–water partition coefficient (Wildman–Crippen LogP) is 1.31. The molecule has 1 saturated carbocycles. The Morgan fingerprint density at radius 2 is 2.35 bits per heavy atom. The number of hydrogen-bond acceptors (Lipinski definition) is 4. The number of halogens is 1. The molecule has 0 spiro atoms. The zero-order valence-electron chi connectivity index (χ0n) is 10.0. The summed E-state index contributed by atoms with van der Waals surface area (Å²) in [4.78, 5) is 11.7. The number of carbonyl (C=O) groups is 1. The van der Waals surface area contributed by atoms with E-state index in [4.69, 9.17) is 4.52 Å². The molecule has 2 rings (SSSR count). The second kappa shape index (κ2) is 6.02. The molecule has 2 N–H and O–H groups in total. The van der Waals surface area contributed by atoms with Gasteiger partial charge in [0.25, 0.3) is 5.91 Å². The maximum Gasteiger partial charge on any atom is 0.273 e. The lowest BCUT2D eigenvalue weighted by Gasteiger charge is -2.09. The normalized spacial score (nSPS) is 16.1. The number of likely N-dealkylation sites (N-methyl/N-ethyl adjacent to an activating group) is 1. The fourth-order valence-electron chi connectivity index (χ4n) is 1.39. The zero-order valence-corrected chi connectivity index (χ0v) is 10.8. The Morgan fingerprint density at radius 1 is 1.65 bits per heavy atom. The van der Waals surface area contributed by atoms with Crippen molar-refractivity contribution in [3.63, 3.8) is 0 Å². The molecule has 6 heteroatoms. The fourth-order valence-corrected chi connectivity index (χ4v) is 1.39. The Bertz CT molecular complexity index is 377. The van der Waals surface area contributed by atoms with Crippen LogP contribution in [-0.2, 0) is 0 Å². The van der Waals surface area contributed by atoms with E-state index in [0.29, 0.717) is 18.2 Å². The molecule has 1 aliphatic rings. The third kappa shape index (κ3) is 3.71. The average molecular weight is 260 g/mol. The summed E-state index contributed by atoms with van der Waals surface area (Å²) in [5.41, 5.74) is 0.380. The Labute approximate surface area is 107 Å². The maximum atomic E-state index is 11.7. The van der Waals surface area contributed by atoms with Gasteiger partial charge < -0.3 is 15.2 Å². The molecule has 0 aliphatic heterocycles. The van der Waals surface area contributed by atoms with Crippen LogP contribution in [0.25, 0.3) is 0 Å². The summed E-state index contributed by atoms with van der Waals surface area (Å²) < 4.78 is 5.12. The van der Waals surface area contributed by atoms with Gasteiger partial charge in [-0.05, 0) is 26.8 Å². The van der Waals surface area contributed by atoms with Crippen molar-refractivity contribution in [2.45, 2.75) is 31.7 Å². The number of amides is 1. The Balaban J connectivity index is 0.00000144. The molecule has 0 bridgehead atoms. The van der Waals surface area contributed by atoms with Gasteiger partial charge in [0.2, 0.25) is 0 Å². The fraction of sp³-hybridized carbons (Fsp3) is 0.636. The van der Waals surface area contributed by atoms with E-state index in [2.05, 4.69) is 15.8 Å². The topological polar surface area (TPSA) is 67.2 Å². The van der Waals surface area contributed by atoms with Crippen LogP contribution < -0.4 is 10.6 Å².